The summed E-state index contributed by atoms with van der Waals surface area (Å²) in [6.07, 6.45) is 1.60. The van der Waals surface area contributed by atoms with Crippen molar-refractivity contribution >= 4 is 27.7 Å². The number of hydrogen-bond acceptors (Lipinski definition) is 3. The molecule has 2 aromatic rings. The van der Waals surface area contributed by atoms with Crippen LogP contribution in [0.15, 0.2) is 34.8 Å². The van der Waals surface area contributed by atoms with Crippen molar-refractivity contribution in [3.05, 3.63) is 51.6 Å². The first kappa shape index (κ1) is 17.0. The number of benzene rings is 1. The fourth-order valence-electron chi connectivity index (χ4n) is 3.20. The summed E-state index contributed by atoms with van der Waals surface area (Å²) in [5.41, 5.74) is 3.19. The highest BCUT2D eigenvalue weighted by Crippen LogP contribution is 2.30. The molecule has 0 spiro atoms. The molecule has 1 amide bonds. The standard InChI is InChI=1S/C19H21BrN2O2/c1-12-14(5-4-6-17(12)24-3)11-15-9-10-22(19(15)23)18-8-7-16(20)13(2)21-18/h4-8,15H,9-11H2,1-3H3. The SMILES string of the molecule is COc1cccc(CC2CCN(c3ccc(Br)c(C)n3)C2=O)c1C. The van der Waals surface area contributed by atoms with Gasteiger partial charge in [0.1, 0.15) is 11.6 Å². The number of ether oxygens (including phenoxy) is 1. The topological polar surface area (TPSA) is 42.4 Å². The molecule has 0 saturated carbocycles. The van der Waals surface area contributed by atoms with Crippen LogP contribution in [-0.4, -0.2) is 24.5 Å². The molecule has 3 rings (SSSR count). The molecule has 1 aliphatic rings. The van der Waals surface area contributed by atoms with E-state index in [9.17, 15) is 4.79 Å². The molecule has 1 unspecified atom stereocenters. The van der Waals surface area contributed by atoms with Gasteiger partial charge in [0.15, 0.2) is 0 Å². The highest BCUT2D eigenvalue weighted by atomic mass is 79.9. The predicted molar refractivity (Wildman–Crippen MR) is 98.6 cm³/mol. The van der Waals surface area contributed by atoms with Crippen LogP contribution in [0.1, 0.15) is 23.2 Å². The van der Waals surface area contributed by atoms with Crippen LogP contribution in [0.2, 0.25) is 0 Å². The zero-order valence-corrected chi connectivity index (χ0v) is 15.8. The molecular formula is C19H21BrN2O2. The molecule has 0 bridgehead atoms. The Kier molecular flexibility index (Phi) is 4.90. The number of carbonyl (C=O) groups excluding carboxylic acids is 1. The predicted octanol–water partition coefficient (Wildman–Crippen LogP) is 4.07. The Morgan fingerprint density at radius 3 is 2.79 bits per heavy atom. The molecule has 24 heavy (non-hydrogen) atoms. The van der Waals surface area contributed by atoms with Gasteiger partial charge in [0, 0.05) is 16.9 Å². The van der Waals surface area contributed by atoms with Crippen molar-refractivity contribution in [3.63, 3.8) is 0 Å². The first-order valence-corrected chi connectivity index (χ1v) is 8.87. The summed E-state index contributed by atoms with van der Waals surface area (Å²) in [5.74, 6) is 1.78. The van der Waals surface area contributed by atoms with E-state index < -0.39 is 0 Å². The van der Waals surface area contributed by atoms with Crippen molar-refractivity contribution < 1.29 is 9.53 Å². The monoisotopic (exact) mass is 388 g/mol. The van der Waals surface area contributed by atoms with Gasteiger partial charge in [-0.3, -0.25) is 9.69 Å². The van der Waals surface area contributed by atoms with Crippen LogP contribution in [-0.2, 0) is 11.2 Å². The van der Waals surface area contributed by atoms with Gasteiger partial charge >= 0.3 is 0 Å². The summed E-state index contributed by atoms with van der Waals surface area (Å²) in [7, 11) is 1.68. The molecule has 126 valence electrons. The van der Waals surface area contributed by atoms with Gasteiger partial charge in [-0.05, 0) is 71.9 Å². The summed E-state index contributed by atoms with van der Waals surface area (Å²) in [5, 5.41) is 0. The minimum atomic E-state index is 0.00144. The molecular weight excluding hydrogens is 368 g/mol. The van der Waals surface area contributed by atoms with E-state index in [1.807, 2.05) is 38.1 Å². The van der Waals surface area contributed by atoms with E-state index in [1.54, 1.807) is 12.0 Å². The quantitative estimate of drug-likeness (QED) is 0.792. The molecule has 1 aromatic heterocycles. The lowest BCUT2D eigenvalue weighted by atomic mass is 9.94. The summed E-state index contributed by atoms with van der Waals surface area (Å²) in [4.78, 5) is 19.2. The average Bonchev–Trinajstić information content (AvgIpc) is 2.93. The van der Waals surface area contributed by atoms with E-state index in [-0.39, 0.29) is 11.8 Å². The van der Waals surface area contributed by atoms with Gasteiger partial charge < -0.3 is 4.74 Å². The zero-order chi connectivity index (χ0) is 17.3. The fraction of sp³-hybridized carbons (Fsp3) is 0.368. The molecule has 1 atom stereocenters. The highest BCUT2D eigenvalue weighted by Gasteiger charge is 2.33. The van der Waals surface area contributed by atoms with Gasteiger partial charge in [-0.25, -0.2) is 4.98 Å². The summed E-state index contributed by atoms with van der Waals surface area (Å²) < 4.78 is 6.34. The van der Waals surface area contributed by atoms with Crippen LogP contribution < -0.4 is 9.64 Å². The number of pyridine rings is 1. The van der Waals surface area contributed by atoms with E-state index in [4.69, 9.17) is 4.74 Å². The molecule has 0 N–H and O–H groups in total. The molecule has 2 heterocycles. The third-order valence-corrected chi connectivity index (χ3v) is 5.52. The van der Waals surface area contributed by atoms with Gasteiger partial charge in [0.05, 0.1) is 12.8 Å². The molecule has 1 aliphatic heterocycles. The normalized spacial score (nSPS) is 17.4. The lowest BCUT2D eigenvalue weighted by molar-refractivity contribution is -0.120. The maximum atomic E-state index is 12.8. The Morgan fingerprint density at radius 1 is 1.29 bits per heavy atom. The highest BCUT2D eigenvalue weighted by molar-refractivity contribution is 9.10. The number of amides is 1. The van der Waals surface area contributed by atoms with E-state index >= 15 is 0 Å². The number of aromatic nitrogens is 1. The van der Waals surface area contributed by atoms with E-state index in [2.05, 4.69) is 27.0 Å². The summed E-state index contributed by atoms with van der Waals surface area (Å²) >= 11 is 3.45. The molecule has 1 fully saturated rings. The summed E-state index contributed by atoms with van der Waals surface area (Å²) in [6.45, 7) is 4.71. The van der Waals surface area contributed by atoms with Crippen LogP contribution >= 0.6 is 15.9 Å². The number of hydrogen-bond donors (Lipinski definition) is 0. The van der Waals surface area contributed by atoms with Crippen molar-refractivity contribution in [2.45, 2.75) is 26.7 Å². The number of halogens is 1. The number of anilines is 1. The van der Waals surface area contributed by atoms with Crippen molar-refractivity contribution in [2.24, 2.45) is 5.92 Å². The lowest BCUT2D eigenvalue weighted by Crippen LogP contribution is -2.28. The van der Waals surface area contributed by atoms with Crippen molar-refractivity contribution in [1.82, 2.24) is 4.98 Å². The van der Waals surface area contributed by atoms with Crippen LogP contribution in [0.5, 0.6) is 5.75 Å². The van der Waals surface area contributed by atoms with Crippen molar-refractivity contribution in [2.75, 3.05) is 18.6 Å². The first-order valence-electron chi connectivity index (χ1n) is 8.08. The third kappa shape index (κ3) is 3.18. The van der Waals surface area contributed by atoms with Crippen LogP contribution in [0, 0.1) is 19.8 Å². The Morgan fingerprint density at radius 2 is 2.08 bits per heavy atom. The van der Waals surface area contributed by atoms with Gasteiger partial charge in [-0.1, -0.05) is 12.1 Å². The van der Waals surface area contributed by atoms with Crippen LogP contribution in [0.3, 0.4) is 0 Å². The fourth-order valence-corrected chi connectivity index (χ4v) is 3.43. The smallest absolute Gasteiger partial charge is 0.231 e. The molecule has 1 saturated heterocycles. The second-order valence-electron chi connectivity index (χ2n) is 6.16. The molecule has 0 radical (unpaired) electrons. The largest absolute Gasteiger partial charge is 0.496 e. The van der Waals surface area contributed by atoms with E-state index in [0.717, 1.165) is 46.7 Å². The molecule has 1 aromatic carbocycles. The first-order chi connectivity index (χ1) is 11.5. The number of methoxy groups -OCH3 is 1. The Labute approximate surface area is 151 Å². The number of nitrogens with zero attached hydrogens (tertiary/aromatic N) is 2. The maximum Gasteiger partial charge on any atom is 0.231 e. The van der Waals surface area contributed by atoms with Crippen LogP contribution in [0.25, 0.3) is 0 Å². The Hall–Kier alpha value is -1.88. The van der Waals surface area contributed by atoms with Gasteiger partial charge in [0.2, 0.25) is 5.91 Å². The maximum absolute atomic E-state index is 12.8. The van der Waals surface area contributed by atoms with Crippen molar-refractivity contribution in [3.8, 4) is 5.75 Å². The second-order valence-corrected chi connectivity index (χ2v) is 7.02. The number of aryl methyl sites for hydroxylation is 1. The minimum Gasteiger partial charge on any atom is -0.496 e. The lowest BCUT2D eigenvalue weighted by Gasteiger charge is -2.17. The molecule has 4 nitrogen and oxygen atoms in total. The number of rotatable bonds is 4. The summed E-state index contributed by atoms with van der Waals surface area (Å²) in [6, 6.07) is 9.86. The minimum absolute atomic E-state index is 0.00144. The van der Waals surface area contributed by atoms with Gasteiger partial charge in [-0.2, -0.15) is 0 Å². The third-order valence-electron chi connectivity index (χ3n) is 4.68. The molecule has 0 aliphatic carbocycles. The number of carbonyl (C=O) groups is 1. The average molecular weight is 389 g/mol. The van der Waals surface area contributed by atoms with Crippen molar-refractivity contribution in [1.29, 1.82) is 0 Å². The zero-order valence-electron chi connectivity index (χ0n) is 14.2. The van der Waals surface area contributed by atoms with Gasteiger partial charge in [-0.15, -0.1) is 0 Å². The van der Waals surface area contributed by atoms with Gasteiger partial charge in [0.25, 0.3) is 0 Å². The second kappa shape index (κ2) is 6.93. The molecule has 5 heteroatoms. The Balaban J connectivity index is 1.78. The van der Waals surface area contributed by atoms with E-state index in [0.29, 0.717) is 0 Å². The van der Waals surface area contributed by atoms with Crippen LogP contribution in [0.4, 0.5) is 5.82 Å². The van der Waals surface area contributed by atoms with E-state index in [1.165, 1.54) is 5.56 Å². The Bertz CT molecular complexity index is 776.